The van der Waals surface area contributed by atoms with Gasteiger partial charge in [-0.05, 0) is 11.8 Å². The Balaban J connectivity index is 2.26. The summed E-state index contributed by atoms with van der Waals surface area (Å²) in [6.45, 7) is 0. The number of nitrogens with zero attached hydrogens (tertiary/aromatic N) is 4. The molecule has 0 aliphatic carbocycles. The maximum atomic E-state index is 11.1. The van der Waals surface area contributed by atoms with E-state index in [-0.39, 0.29) is 5.69 Å². The van der Waals surface area contributed by atoms with Gasteiger partial charge in [0.25, 0.3) is 0 Å². The molecule has 2 N–H and O–H groups in total. The normalized spacial score (nSPS) is 10.4. The van der Waals surface area contributed by atoms with Gasteiger partial charge in [0.1, 0.15) is 10.8 Å². The molecule has 0 saturated heterocycles. The van der Waals surface area contributed by atoms with Crippen molar-refractivity contribution in [3.8, 4) is 0 Å². The monoisotopic (exact) mass is 238 g/mol. The van der Waals surface area contributed by atoms with Crippen LogP contribution in [0.4, 0.5) is 5.82 Å². The Kier molecular flexibility index (Phi) is 2.91. The van der Waals surface area contributed by atoms with Crippen LogP contribution in [0.3, 0.4) is 0 Å². The van der Waals surface area contributed by atoms with E-state index >= 15 is 0 Å². The first kappa shape index (κ1) is 10.7. The number of anilines is 1. The average molecular weight is 238 g/mol. The molecule has 2 heterocycles. The molecule has 0 unspecified atom stereocenters. The summed E-state index contributed by atoms with van der Waals surface area (Å²) >= 11 is 1.27. The molecule has 0 radical (unpaired) electrons. The fourth-order valence-electron chi connectivity index (χ4n) is 1.04. The molecule has 0 aliphatic heterocycles. The minimum Gasteiger partial charge on any atom is -0.372 e. The van der Waals surface area contributed by atoms with Crippen LogP contribution in [-0.2, 0) is 7.05 Å². The molecular formula is C8H10N6OS. The third-order valence-corrected chi connectivity index (χ3v) is 2.86. The Morgan fingerprint density at radius 1 is 1.50 bits per heavy atom. The van der Waals surface area contributed by atoms with E-state index < -0.39 is 0 Å². The van der Waals surface area contributed by atoms with E-state index in [9.17, 15) is 4.79 Å². The molecule has 0 atom stereocenters. The van der Waals surface area contributed by atoms with Crippen LogP contribution in [0.15, 0.2) is 27.4 Å². The molecule has 0 spiro atoms. The summed E-state index contributed by atoms with van der Waals surface area (Å²) in [5.41, 5.74) is -0.250. The maximum absolute atomic E-state index is 11.1. The van der Waals surface area contributed by atoms with E-state index in [4.69, 9.17) is 0 Å². The van der Waals surface area contributed by atoms with Crippen molar-refractivity contribution in [3.05, 3.63) is 22.9 Å². The van der Waals surface area contributed by atoms with Gasteiger partial charge in [-0.3, -0.25) is 9.55 Å². The highest BCUT2D eigenvalue weighted by Gasteiger charge is 2.07. The summed E-state index contributed by atoms with van der Waals surface area (Å²) in [5, 5.41) is 10.3. The first-order valence-electron chi connectivity index (χ1n) is 4.49. The second-order valence-corrected chi connectivity index (χ2v) is 3.95. The zero-order chi connectivity index (χ0) is 11.5. The molecule has 0 aliphatic rings. The molecule has 16 heavy (non-hydrogen) atoms. The van der Waals surface area contributed by atoms with Crippen molar-refractivity contribution in [2.75, 3.05) is 12.4 Å². The van der Waals surface area contributed by atoms with Gasteiger partial charge in [0.05, 0.1) is 12.4 Å². The third-order valence-electron chi connectivity index (χ3n) is 1.90. The van der Waals surface area contributed by atoms with Crippen molar-refractivity contribution >= 4 is 17.6 Å². The van der Waals surface area contributed by atoms with Gasteiger partial charge < -0.3 is 5.32 Å². The second kappa shape index (κ2) is 4.35. The molecule has 0 aromatic carbocycles. The van der Waals surface area contributed by atoms with Crippen molar-refractivity contribution < 1.29 is 0 Å². The fourth-order valence-corrected chi connectivity index (χ4v) is 1.79. The molecular weight excluding hydrogens is 228 g/mol. The number of hydrogen-bond donors (Lipinski definition) is 2. The highest BCUT2D eigenvalue weighted by atomic mass is 32.2. The molecule has 8 heteroatoms. The van der Waals surface area contributed by atoms with Crippen molar-refractivity contribution in [1.82, 2.24) is 24.7 Å². The Morgan fingerprint density at radius 2 is 2.31 bits per heavy atom. The smallest absolute Gasteiger partial charge is 0.343 e. The van der Waals surface area contributed by atoms with E-state index in [2.05, 4.69) is 25.5 Å². The predicted molar refractivity (Wildman–Crippen MR) is 59.5 cm³/mol. The Bertz CT molecular complexity index is 547. The number of nitrogens with one attached hydrogen (secondary N) is 2. The van der Waals surface area contributed by atoms with Crippen LogP contribution in [-0.4, -0.2) is 31.8 Å². The first-order valence-corrected chi connectivity index (χ1v) is 5.31. The van der Waals surface area contributed by atoms with Crippen molar-refractivity contribution in [2.45, 2.75) is 10.2 Å². The average Bonchev–Trinajstić information content (AvgIpc) is 2.61. The molecule has 84 valence electrons. The van der Waals surface area contributed by atoms with Crippen LogP contribution in [0.5, 0.6) is 0 Å². The predicted octanol–water partition coefficient (Wildman–Crippen LogP) is 0.0913. The number of aromatic amines is 1. The Hall–Kier alpha value is -1.83. The topological polar surface area (TPSA) is 88.5 Å². The number of hydrogen-bond acceptors (Lipinski definition) is 6. The molecule has 0 fully saturated rings. The third kappa shape index (κ3) is 2.06. The maximum Gasteiger partial charge on any atom is 0.343 e. The summed E-state index contributed by atoms with van der Waals surface area (Å²) in [5.74, 6) is 0.672. The van der Waals surface area contributed by atoms with Crippen LogP contribution in [0.2, 0.25) is 0 Å². The van der Waals surface area contributed by atoms with E-state index in [0.717, 1.165) is 0 Å². The van der Waals surface area contributed by atoms with Gasteiger partial charge >= 0.3 is 5.69 Å². The van der Waals surface area contributed by atoms with Gasteiger partial charge in [0, 0.05) is 14.1 Å². The summed E-state index contributed by atoms with van der Waals surface area (Å²) in [7, 11) is 3.41. The van der Waals surface area contributed by atoms with Crippen LogP contribution in [0.1, 0.15) is 0 Å². The number of H-pyrrole nitrogens is 1. The van der Waals surface area contributed by atoms with Crippen molar-refractivity contribution in [3.63, 3.8) is 0 Å². The molecule has 0 amide bonds. The molecule has 2 rings (SSSR count). The molecule has 7 nitrogen and oxygen atoms in total. The van der Waals surface area contributed by atoms with Crippen LogP contribution < -0.4 is 11.0 Å². The van der Waals surface area contributed by atoms with Crippen molar-refractivity contribution in [1.29, 1.82) is 0 Å². The van der Waals surface area contributed by atoms with Crippen LogP contribution in [0, 0.1) is 0 Å². The molecule has 0 bridgehead atoms. The van der Waals surface area contributed by atoms with E-state index in [1.54, 1.807) is 26.5 Å². The summed E-state index contributed by atoms with van der Waals surface area (Å²) in [6, 6.07) is 0. The quantitative estimate of drug-likeness (QED) is 0.788. The van der Waals surface area contributed by atoms with Gasteiger partial charge in [0.2, 0.25) is 0 Å². The number of rotatable bonds is 3. The van der Waals surface area contributed by atoms with Gasteiger partial charge in [-0.1, -0.05) is 0 Å². The van der Waals surface area contributed by atoms with E-state index in [1.807, 2.05) is 0 Å². The minimum absolute atomic E-state index is 0.250. The first-order chi connectivity index (χ1) is 7.70. The van der Waals surface area contributed by atoms with Gasteiger partial charge in [-0.15, -0.1) is 5.10 Å². The van der Waals surface area contributed by atoms with Crippen LogP contribution >= 0.6 is 11.8 Å². The molecule has 0 saturated carbocycles. The van der Waals surface area contributed by atoms with Crippen LogP contribution in [0.25, 0.3) is 0 Å². The molecule has 2 aromatic heterocycles. The van der Waals surface area contributed by atoms with E-state index in [1.165, 1.54) is 16.3 Å². The lowest BCUT2D eigenvalue weighted by Gasteiger charge is -2.01. The standard InChI is InChI=1S/C8H10N6OS/c1-9-5-3-10-4-6(11-5)16-8-13-12-7(15)14(8)2/h3-4H,1-2H3,(H,9,11)(H,12,15). The lowest BCUT2D eigenvalue weighted by atomic mass is 10.7. The minimum atomic E-state index is -0.250. The number of aromatic nitrogens is 5. The van der Waals surface area contributed by atoms with Crippen molar-refractivity contribution in [2.24, 2.45) is 7.05 Å². The Labute approximate surface area is 95.3 Å². The highest BCUT2D eigenvalue weighted by Crippen LogP contribution is 2.22. The lowest BCUT2D eigenvalue weighted by Crippen LogP contribution is -2.12. The summed E-state index contributed by atoms with van der Waals surface area (Å²) in [4.78, 5) is 19.4. The molecule has 2 aromatic rings. The largest absolute Gasteiger partial charge is 0.372 e. The zero-order valence-electron chi connectivity index (χ0n) is 8.76. The SMILES string of the molecule is CNc1cncc(Sc2n[nH]c(=O)n2C)n1. The zero-order valence-corrected chi connectivity index (χ0v) is 9.58. The van der Waals surface area contributed by atoms with Gasteiger partial charge in [-0.2, -0.15) is 0 Å². The summed E-state index contributed by atoms with van der Waals surface area (Å²) in [6.07, 6.45) is 3.23. The summed E-state index contributed by atoms with van der Waals surface area (Å²) < 4.78 is 1.42. The highest BCUT2D eigenvalue weighted by molar-refractivity contribution is 7.99. The van der Waals surface area contributed by atoms with Gasteiger partial charge in [0.15, 0.2) is 5.16 Å². The van der Waals surface area contributed by atoms with E-state index in [0.29, 0.717) is 16.0 Å². The fraction of sp³-hybridized carbons (Fsp3) is 0.250. The lowest BCUT2D eigenvalue weighted by molar-refractivity contribution is 0.764. The van der Waals surface area contributed by atoms with Gasteiger partial charge in [-0.25, -0.2) is 14.9 Å². The Morgan fingerprint density at radius 3 is 2.94 bits per heavy atom. The second-order valence-electron chi connectivity index (χ2n) is 2.96.